The number of amides is 1. The Balaban J connectivity index is 1.53. The molecule has 1 aliphatic heterocycles. The number of nitrogens with zero attached hydrogens (tertiary/aromatic N) is 1. The van der Waals surface area contributed by atoms with E-state index in [-0.39, 0.29) is 5.92 Å². The molecule has 1 amide bonds. The van der Waals surface area contributed by atoms with Gasteiger partial charge >= 0.3 is 0 Å². The Labute approximate surface area is 131 Å². The Morgan fingerprint density at radius 2 is 1.77 bits per heavy atom. The minimum absolute atomic E-state index is 0.290. The van der Waals surface area contributed by atoms with E-state index in [4.69, 9.17) is 9.47 Å². The van der Waals surface area contributed by atoms with Crippen molar-refractivity contribution in [2.75, 3.05) is 13.2 Å². The third-order valence-electron chi connectivity index (χ3n) is 4.93. The first-order valence-corrected chi connectivity index (χ1v) is 8.50. The summed E-state index contributed by atoms with van der Waals surface area (Å²) in [5.74, 6) is 2.28. The molecule has 3 aliphatic rings. The maximum absolute atomic E-state index is 12.7. The molecular weight excluding hydrogens is 278 g/mol. The summed E-state index contributed by atoms with van der Waals surface area (Å²) in [7, 11) is 0. The van der Waals surface area contributed by atoms with Gasteiger partial charge in [-0.1, -0.05) is 18.9 Å². The van der Waals surface area contributed by atoms with Gasteiger partial charge in [0, 0.05) is 18.5 Å². The number of hydrogen-bond acceptors (Lipinski definition) is 3. The standard InChI is InChI=1S/C18H23NO3/c20-18(14-6-7-14)19(15-3-1-2-4-15)12-13-5-8-16-17(11-13)22-10-9-21-16/h5,8,11,14-15H,1-4,6-7,9-10,12H2. The average molecular weight is 301 g/mol. The molecule has 0 N–H and O–H groups in total. The van der Waals surface area contributed by atoms with Crippen LogP contribution in [0, 0.1) is 5.92 Å². The van der Waals surface area contributed by atoms with Gasteiger partial charge in [0.05, 0.1) is 0 Å². The van der Waals surface area contributed by atoms with Crippen LogP contribution in [0.1, 0.15) is 44.1 Å². The molecule has 4 nitrogen and oxygen atoms in total. The number of rotatable bonds is 4. The highest BCUT2D eigenvalue weighted by Gasteiger charge is 2.37. The van der Waals surface area contributed by atoms with Crippen LogP contribution < -0.4 is 9.47 Å². The summed E-state index contributed by atoms with van der Waals surface area (Å²) < 4.78 is 11.2. The van der Waals surface area contributed by atoms with Gasteiger partial charge in [-0.25, -0.2) is 0 Å². The van der Waals surface area contributed by atoms with Crippen molar-refractivity contribution in [1.29, 1.82) is 0 Å². The predicted molar refractivity (Wildman–Crippen MR) is 83.0 cm³/mol. The molecule has 4 rings (SSSR count). The van der Waals surface area contributed by atoms with Crippen molar-refractivity contribution >= 4 is 5.91 Å². The van der Waals surface area contributed by atoms with Crippen LogP contribution in [0.5, 0.6) is 11.5 Å². The number of carbonyl (C=O) groups excluding carboxylic acids is 1. The maximum atomic E-state index is 12.7. The van der Waals surface area contributed by atoms with Crippen molar-refractivity contribution < 1.29 is 14.3 Å². The Morgan fingerprint density at radius 3 is 2.50 bits per heavy atom. The predicted octanol–water partition coefficient (Wildman–Crippen LogP) is 3.14. The summed E-state index contributed by atoms with van der Waals surface area (Å²) in [6, 6.07) is 6.51. The Hall–Kier alpha value is -1.71. The molecule has 2 saturated carbocycles. The van der Waals surface area contributed by atoms with Crippen molar-refractivity contribution in [2.24, 2.45) is 5.92 Å². The fourth-order valence-electron chi connectivity index (χ4n) is 3.55. The minimum atomic E-state index is 0.290. The van der Waals surface area contributed by atoms with E-state index in [0.29, 0.717) is 31.7 Å². The van der Waals surface area contributed by atoms with Crippen LogP contribution in [0.2, 0.25) is 0 Å². The highest BCUT2D eigenvalue weighted by atomic mass is 16.6. The average Bonchev–Trinajstić information content (AvgIpc) is 3.27. The molecule has 1 aromatic carbocycles. The number of benzene rings is 1. The second-order valence-electron chi connectivity index (χ2n) is 6.66. The van der Waals surface area contributed by atoms with Gasteiger partial charge in [0.15, 0.2) is 11.5 Å². The number of ether oxygens (including phenoxy) is 2. The lowest BCUT2D eigenvalue weighted by molar-refractivity contribution is -0.135. The van der Waals surface area contributed by atoms with Crippen LogP contribution in [0.15, 0.2) is 18.2 Å². The quantitative estimate of drug-likeness (QED) is 0.857. The van der Waals surface area contributed by atoms with Crippen LogP contribution in [-0.2, 0) is 11.3 Å². The Bertz CT molecular complexity index is 561. The van der Waals surface area contributed by atoms with Crippen molar-refractivity contribution in [2.45, 2.75) is 51.1 Å². The monoisotopic (exact) mass is 301 g/mol. The van der Waals surface area contributed by atoms with Crippen LogP contribution in [0.4, 0.5) is 0 Å². The number of carbonyl (C=O) groups is 1. The molecule has 0 radical (unpaired) electrons. The highest BCUT2D eigenvalue weighted by molar-refractivity contribution is 5.81. The van der Waals surface area contributed by atoms with Crippen molar-refractivity contribution in [3.8, 4) is 11.5 Å². The molecule has 4 heteroatoms. The van der Waals surface area contributed by atoms with Gasteiger partial charge in [-0.3, -0.25) is 4.79 Å². The van der Waals surface area contributed by atoms with E-state index in [1.807, 2.05) is 12.1 Å². The normalized spacial score (nSPS) is 20.9. The van der Waals surface area contributed by atoms with Crippen LogP contribution in [0.3, 0.4) is 0 Å². The van der Waals surface area contributed by atoms with Gasteiger partial charge in [0.2, 0.25) is 5.91 Å². The lowest BCUT2D eigenvalue weighted by Gasteiger charge is -2.30. The first-order chi connectivity index (χ1) is 10.8. The second kappa shape index (κ2) is 5.82. The zero-order chi connectivity index (χ0) is 14.9. The highest BCUT2D eigenvalue weighted by Crippen LogP contribution is 2.36. The number of fused-ring (bicyclic) bond motifs is 1. The summed E-state index contributed by atoms with van der Waals surface area (Å²) in [6.45, 7) is 1.92. The fraction of sp³-hybridized carbons (Fsp3) is 0.611. The molecule has 1 heterocycles. The molecule has 0 unspecified atom stereocenters. The topological polar surface area (TPSA) is 38.8 Å². The molecule has 0 spiro atoms. The third kappa shape index (κ3) is 2.79. The Kier molecular flexibility index (Phi) is 3.68. The van der Waals surface area contributed by atoms with Gasteiger partial charge in [0.1, 0.15) is 13.2 Å². The smallest absolute Gasteiger partial charge is 0.226 e. The molecule has 2 fully saturated rings. The van der Waals surface area contributed by atoms with Gasteiger partial charge in [-0.15, -0.1) is 0 Å². The third-order valence-corrected chi connectivity index (χ3v) is 4.93. The van der Waals surface area contributed by atoms with Crippen molar-refractivity contribution in [3.05, 3.63) is 23.8 Å². The molecule has 0 bridgehead atoms. The van der Waals surface area contributed by atoms with Gasteiger partial charge < -0.3 is 14.4 Å². The SMILES string of the molecule is O=C(C1CC1)N(Cc1ccc2c(c1)OCCO2)C1CCCC1. The zero-order valence-electron chi connectivity index (χ0n) is 12.9. The molecule has 118 valence electrons. The van der Waals surface area contributed by atoms with Gasteiger partial charge in [-0.2, -0.15) is 0 Å². The molecular formula is C18H23NO3. The molecule has 22 heavy (non-hydrogen) atoms. The molecule has 2 aliphatic carbocycles. The molecule has 0 aromatic heterocycles. The minimum Gasteiger partial charge on any atom is -0.486 e. The first-order valence-electron chi connectivity index (χ1n) is 8.50. The maximum Gasteiger partial charge on any atom is 0.226 e. The van der Waals surface area contributed by atoms with E-state index >= 15 is 0 Å². The van der Waals surface area contributed by atoms with Crippen LogP contribution in [0.25, 0.3) is 0 Å². The zero-order valence-corrected chi connectivity index (χ0v) is 12.9. The first kappa shape index (κ1) is 13.9. The van der Waals surface area contributed by atoms with E-state index in [1.165, 1.54) is 12.8 Å². The molecule has 0 atom stereocenters. The van der Waals surface area contributed by atoms with E-state index in [1.54, 1.807) is 0 Å². The van der Waals surface area contributed by atoms with Crippen LogP contribution >= 0.6 is 0 Å². The lowest BCUT2D eigenvalue weighted by Crippen LogP contribution is -2.39. The second-order valence-corrected chi connectivity index (χ2v) is 6.66. The summed E-state index contributed by atoms with van der Waals surface area (Å²) in [4.78, 5) is 14.8. The van der Waals surface area contributed by atoms with E-state index in [9.17, 15) is 4.79 Å². The van der Waals surface area contributed by atoms with Gasteiger partial charge in [0.25, 0.3) is 0 Å². The number of hydrogen-bond donors (Lipinski definition) is 0. The van der Waals surface area contributed by atoms with Crippen molar-refractivity contribution in [3.63, 3.8) is 0 Å². The van der Waals surface area contributed by atoms with Crippen molar-refractivity contribution in [1.82, 2.24) is 4.90 Å². The Morgan fingerprint density at radius 1 is 1.05 bits per heavy atom. The van der Waals surface area contributed by atoms with E-state index in [0.717, 1.165) is 42.7 Å². The largest absolute Gasteiger partial charge is 0.486 e. The van der Waals surface area contributed by atoms with Gasteiger partial charge in [-0.05, 0) is 43.4 Å². The fourth-order valence-corrected chi connectivity index (χ4v) is 3.55. The van der Waals surface area contributed by atoms with E-state index in [2.05, 4.69) is 11.0 Å². The molecule has 0 saturated heterocycles. The summed E-state index contributed by atoms with van der Waals surface area (Å²) in [5.41, 5.74) is 1.14. The summed E-state index contributed by atoms with van der Waals surface area (Å²) >= 11 is 0. The lowest BCUT2D eigenvalue weighted by atomic mass is 10.1. The van der Waals surface area contributed by atoms with Crippen LogP contribution in [-0.4, -0.2) is 30.1 Å². The van der Waals surface area contributed by atoms with E-state index < -0.39 is 0 Å². The summed E-state index contributed by atoms with van der Waals surface area (Å²) in [6.07, 6.45) is 6.96. The summed E-state index contributed by atoms with van der Waals surface area (Å²) in [5, 5.41) is 0. The molecule has 1 aromatic rings.